The molecule has 1 aromatic heterocycles. The predicted molar refractivity (Wildman–Crippen MR) is 78.9 cm³/mol. The molecule has 1 N–H and O–H groups in total. The van der Waals surface area contributed by atoms with Crippen LogP contribution < -0.4 is 10.1 Å². The smallest absolute Gasteiger partial charge is 0.406 e. The summed E-state index contributed by atoms with van der Waals surface area (Å²) in [6.07, 6.45) is -3.46. The van der Waals surface area contributed by atoms with Crippen molar-refractivity contribution >= 4 is 23.3 Å². The summed E-state index contributed by atoms with van der Waals surface area (Å²) in [4.78, 5) is 11.6. The average molecular weight is 359 g/mol. The third kappa shape index (κ3) is 3.97. The molecule has 10 heteroatoms. The lowest BCUT2D eigenvalue weighted by molar-refractivity contribution is -0.274. The van der Waals surface area contributed by atoms with Crippen LogP contribution in [0.1, 0.15) is 18.9 Å². The fourth-order valence-electron chi connectivity index (χ4n) is 1.81. The van der Waals surface area contributed by atoms with E-state index in [-0.39, 0.29) is 34.4 Å². The fraction of sp³-hybridized carbons (Fsp3) is 0.214. The number of rotatable bonds is 4. The van der Waals surface area contributed by atoms with Gasteiger partial charge < -0.3 is 10.1 Å². The zero-order valence-electron chi connectivity index (χ0n) is 12.2. The quantitative estimate of drug-likeness (QED) is 0.904. The monoisotopic (exact) mass is 358 g/mol. The SMILES string of the molecule is CCC(=O)Nc1c(C#N)cnn1-c1ccc(OC(F)(F)F)cc1Cl. The molecule has 1 aromatic carbocycles. The van der Waals surface area contributed by atoms with Gasteiger partial charge in [-0.15, -0.1) is 13.2 Å². The number of anilines is 1. The second kappa shape index (κ2) is 6.80. The van der Waals surface area contributed by atoms with E-state index in [2.05, 4.69) is 15.2 Å². The van der Waals surface area contributed by atoms with Crippen LogP contribution in [-0.2, 0) is 4.79 Å². The Morgan fingerprint density at radius 1 is 1.50 bits per heavy atom. The lowest BCUT2D eigenvalue weighted by atomic mass is 10.3. The second-order valence-corrected chi connectivity index (χ2v) is 4.90. The normalized spacial score (nSPS) is 11.0. The van der Waals surface area contributed by atoms with Gasteiger partial charge in [-0.3, -0.25) is 4.79 Å². The maximum Gasteiger partial charge on any atom is 0.573 e. The average Bonchev–Trinajstić information content (AvgIpc) is 2.88. The van der Waals surface area contributed by atoms with E-state index in [1.165, 1.54) is 12.3 Å². The molecule has 2 rings (SSSR count). The number of nitriles is 1. The van der Waals surface area contributed by atoms with Crippen LogP contribution in [0.3, 0.4) is 0 Å². The van der Waals surface area contributed by atoms with E-state index >= 15 is 0 Å². The van der Waals surface area contributed by atoms with Gasteiger partial charge in [0.1, 0.15) is 17.4 Å². The number of carbonyl (C=O) groups excluding carboxylic acids is 1. The molecule has 6 nitrogen and oxygen atoms in total. The lowest BCUT2D eigenvalue weighted by Crippen LogP contribution is -2.17. The molecule has 0 unspecified atom stereocenters. The predicted octanol–water partition coefficient (Wildman–Crippen LogP) is 3.64. The van der Waals surface area contributed by atoms with Crippen LogP contribution in [0.4, 0.5) is 19.0 Å². The Morgan fingerprint density at radius 2 is 2.21 bits per heavy atom. The Kier molecular flexibility index (Phi) is 4.99. The third-order valence-corrected chi connectivity index (χ3v) is 3.15. The molecule has 0 atom stereocenters. The molecule has 0 saturated heterocycles. The first kappa shape index (κ1) is 17.6. The van der Waals surface area contributed by atoms with Gasteiger partial charge in [-0.05, 0) is 12.1 Å². The van der Waals surface area contributed by atoms with E-state index < -0.39 is 12.1 Å². The van der Waals surface area contributed by atoms with E-state index in [9.17, 15) is 18.0 Å². The molecule has 0 saturated carbocycles. The topological polar surface area (TPSA) is 79.9 Å². The second-order valence-electron chi connectivity index (χ2n) is 4.49. The Hall–Kier alpha value is -2.73. The van der Waals surface area contributed by atoms with Crippen LogP contribution in [0.2, 0.25) is 5.02 Å². The van der Waals surface area contributed by atoms with Crippen molar-refractivity contribution in [3.8, 4) is 17.5 Å². The molecule has 0 bridgehead atoms. The van der Waals surface area contributed by atoms with Gasteiger partial charge in [0.25, 0.3) is 0 Å². The van der Waals surface area contributed by atoms with Gasteiger partial charge in [0.2, 0.25) is 5.91 Å². The van der Waals surface area contributed by atoms with Crippen LogP contribution in [-0.4, -0.2) is 22.1 Å². The molecule has 0 radical (unpaired) electrons. The van der Waals surface area contributed by atoms with Crippen molar-refractivity contribution in [2.24, 2.45) is 0 Å². The first-order valence-corrected chi connectivity index (χ1v) is 6.96. The Balaban J connectivity index is 2.44. The number of hydrogen-bond donors (Lipinski definition) is 1. The van der Waals surface area contributed by atoms with Crippen LogP contribution in [0, 0.1) is 11.3 Å². The van der Waals surface area contributed by atoms with Gasteiger partial charge in [-0.2, -0.15) is 10.4 Å². The molecule has 1 heterocycles. The van der Waals surface area contributed by atoms with Gasteiger partial charge in [0.05, 0.1) is 16.9 Å². The minimum atomic E-state index is -4.84. The van der Waals surface area contributed by atoms with Crippen molar-refractivity contribution in [2.75, 3.05) is 5.32 Å². The Morgan fingerprint density at radius 3 is 2.75 bits per heavy atom. The van der Waals surface area contributed by atoms with E-state index in [1.54, 1.807) is 6.92 Å². The molecule has 0 aliphatic rings. The summed E-state index contributed by atoms with van der Waals surface area (Å²) in [6, 6.07) is 5.11. The first-order valence-electron chi connectivity index (χ1n) is 6.58. The van der Waals surface area contributed by atoms with E-state index in [0.717, 1.165) is 16.8 Å². The van der Waals surface area contributed by atoms with Crippen LogP contribution in [0.15, 0.2) is 24.4 Å². The zero-order chi connectivity index (χ0) is 17.9. The fourth-order valence-corrected chi connectivity index (χ4v) is 2.06. The summed E-state index contributed by atoms with van der Waals surface area (Å²) in [6.45, 7) is 1.62. The molecule has 0 fully saturated rings. The van der Waals surface area contributed by atoms with Crippen molar-refractivity contribution in [2.45, 2.75) is 19.7 Å². The first-order chi connectivity index (χ1) is 11.2. The van der Waals surface area contributed by atoms with Crippen molar-refractivity contribution < 1.29 is 22.7 Å². The number of ether oxygens (including phenoxy) is 1. The van der Waals surface area contributed by atoms with Gasteiger partial charge >= 0.3 is 6.36 Å². The van der Waals surface area contributed by atoms with Crippen molar-refractivity contribution in [3.63, 3.8) is 0 Å². The van der Waals surface area contributed by atoms with Gasteiger partial charge in [-0.25, -0.2) is 4.68 Å². The van der Waals surface area contributed by atoms with Crippen LogP contribution in [0.25, 0.3) is 5.69 Å². The highest BCUT2D eigenvalue weighted by Crippen LogP contribution is 2.31. The summed E-state index contributed by atoms with van der Waals surface area (Å²) in [5.74, 6) is -0.778. The molecule has 0 spiro atoms. The Labute approximate surface area is 139 Å². The van der Waals surface area contributed by atoms with E-state index in [1.807, 2.05) is 6.07 Å². The van der Waals surface area contributed by atoms with Crippen molar-refractivity contribution in [3.05, 3.63) is 35.0 Å². The number of carbonyl (C=O) groups is 1. The molecule has 0 aliphatic heterocycles. The molecule has 1 amide bonds. The summed E-state index contributed by atoms with van der Waals surface area (Å²) in [5.41, 5.74) is 0.266. The number of nitrogens with zero attached hydrogens (tertiary/aromatic N) is 3. The number of halogens is 4. The summed E-state index contributed by atoms with van der Waals surface area (Å²) in [5, 5.41) is 15.4. The summed E-state index contributed by atoms with van der Waals surface area (Å²) in [7, 11) is 0. The van der Waals surface area contributed by atoms with Gasteiger partial charge in [0, 0.05) is 12.5 Å². The number of amides is 1. The Bertz CT molecular complexity index is 811. The number of aromatic nitrogens is 2. The molecular formula is C14H10ClF3N4O2. The highest BCUT2D eigenvalue weighted by Gasteiger charge is 2.31. The summed E-state index contributed by atoms with van der Waals surface area (Å²) >= 11 is 5.98. The molecule has 24 heavy (non-hydrogen) atoms. The lowest BCUT2D eigenvalue weighted by Gasteiger charge is -2.13. The van der Waals surface area contributed by atoms with Gasteiger partial charge in [0.15, 0.2) is 5.82 Å². The van der Waals surface area contributed by atoms with Crippen LogP contribution in [0.5, 0.6) is 5.75 Å². The number of hydrogen-bond acceptors (Lipinski definition) is 4. The van der Waals surface area contributed by atoms with Gasteiger partial charge in [-0.1, -0.05) is 18.5 Å². The maximum absolute atomic E-state index is 12.2. The standard InChI is InChI=1S/C14H10ClF3N4O2/c1-2-12(23)21-13-8(6-19)7-20-22(13)11-4-3-9(5-10(11)15)24-14(16,17)18/h3-5,7H,2H2,1H3,(H,21,23). The van der Waals surface area contributed by atoms with E-state index in [0.29, 0.717) is 0 Å². The van der Waals surface area contributed by atoms with Crippen molar-refractivity contribution in [1.29, 1.82) is 5.26 Å². The number of nitrogens with one attached hydrogen (secondary N) is 1. The minimum Gasteiger partial charge on any atom is -0.406 e. The zero-order valence-corrected chi connectivity index (χ0v) is 12.9. The third-order valence-electron chi connectivity index (χ3n) is 2.85. The maximum atomic E-state index is 12.2. The molecular weight excluding hydrogens is 349 g/mol. The highest BCUT2D eigenvalue weighted by molar-refractivity contribution is 6.32. The molecule has 2 aromatic rings. The number of benzene rings is 1. The van der Waals surface area contributed by atoms with Crippen molar-refractivity contribution in [1.82, 2.24) is 9.78 Å². The molecule has 126 valence electrons. The largest absolute Gasteiger partial charge is 0.573 e. The summed E-state index contributed by atoms with van der Waals surface area (Å²) < 4.78 is 41.6. The number of alkyl halides is 3. The highest BCUT2D eigenvalue weighted by atomic mass is 35.5. The van der Waals surface area contributed by atoms with Crippen LogP contribution >= 0.6 is 11.6 Å². The minimum absolute atomic E-state index is 0.0794. The molecule has 0 aliphatic carbocycles. The van der Waals surface area contributed by atoms with E-state index in [4.69, 9.17) is 16.9 Å².